The number of hydrogen-bond acceptors (Lipinski definition) is 3. The van der Waals surface area contributed by atoms with Crippen LogP contribution in [0.25, 0.3) is 10.8 Å². The summed E-state index contributed by atoms with van der Waals surface area (Å²) in [6.45, 7) is 2.05. The number of amides is 3. The van der Waals surface area contributed by atoms with Gasteiger partial charge in [0, 0.05) is 10.4 Å². The van der Waals surface area contributed by atoms with Crippen LogP contribution in [0.15, 0.2) is 72.3 Å². The fourth-order valence-corrected chi connectivity index (χ4v) is 4.87. The van der Waals surface area contributed by atoms with Crippen molar-refractivity contribution in [2.45, 2.75) is 25.7 Å². The fraction of sp³-hybridized carbons (Fsp3) is 0.192. The Bertz CT molecular complexity index is 1250. The summed E-state index contributed by atoms with van der Waals surface area (Å²) in [5.41, 5.74) is 5.67. The zero-order chi connectivity index (χ0) is 22.4. The lowest BCUT2D eigenvalue weighted by Crippen LogP contribution is -2.53. The molecule has 5 nitrogen and oxygen atoms in total. The van der Waals surface area contributed by atoms with E-state index in [4.69, 9.17) is 11.6 Å². The van der Waals surface area contributed by atoms with E-state index in [0.717, 1.165) is 22.4 Å². The molecule has 1 aliphatic heterocycles. The number of nitrogens with one attached hydrogen (secondary N) is 1. The molecule has 0 saturated carbocycles. The zero-order valence-corrected chi connectivity index (χ0v) is 18.2. The Morgan fingerprint density at radius 1 is 0.969 bits per heavy atom. The second kappa shape index (κ2) is 7.92. The molecule has 2 atom stereocenters. The molecule has 0 bridgehead atoms. The average Bonchev–Trinajstić information content (AvgIpc) is 2.80. The molecule has 0 radical (unpaired) electrons. The third-order valence-corrected chi connectivity index (χ3v) is 6.63. The molecule has 0 spiro atoms. The van der Waals surface area contributed by atoms with Gasteiger partial charge < -0.3 is 0 Å². The van der Waals surface area contributed by atoms with E-state index in [9.17, 15) is 14.4 Å². The SMILES string of the molecule is CC1=CCC(C(=O)NN2C(=O)c3cccc4cccc(c34)C2=O)C(c2ccc(Cl)cc2)C1. The highest BCUT2D eigenvalue weighted by Crippen LogP contribution is 2.38. The van der Waals surface area contributed by atoms with Gasteiger partial charge in [0.25, 0.3) is 11.8 Å². The molecule has 0 aromatic heterocycles. The van der Waals surface area contributed by atoms with Crippen LogP contribution >= 0.6 is 11.6 Å². The first-order valence-electron chi connectivity index (χ1n) is 10.6. The first-order valence-corrected chi connectivity index (χ1v) is 10.9. The predicted molar refractivity (Wildman–Crippen MR) is 123 cm³/mol. The topological polar surface area (TPSA) is 66.5 Å². The Hall–Kier alpha value is -3.44. The number of allylic oxidation sites excluding steroid dienone is 2. The third kappa shape index (κ3) is 3.39. The van der Waals surface area contributed by atoms with E-state index < -0.39 is 17.7 Å². The molecule has 1 heterocycles. The number of imide groups is 1. The lowest BCUT2D eigenvalue weighted by Gasteiger charge is -2.33. The first kappa shape index (κ1) is 20.5. The van der Waals surface area contributed by atoms with Gasteiger partial charge >= 0.3 is 0 Å². The standard InChI is InChI=1S/C26H21ClN2O3/c1-15-8-13-19(22(14-15)16-9-11-18(27)12-10-16)24(30)28-29-25(31)20-6-2-4-17-5-3-7-21(23(17)20)26(29)32/h2-12,19,22H,13-14H2,1H3,(H,28,30). The van der Waals surface area contributed by atoms with Gasteiger partial charge in [0.15, 0.2) is 0 Å². The van der Waals surface area contributed by atoms with Gasteiger partial charge in [-0.15, -0.1) is 0 Å². The Kier molecular flexibility index (Phi) is 5.06. The molecule has 3 aromatic rings. The van der Waals surface area contributed by atoms with Crippen molar-refractivity contribution < 1.29 is 14.4 Å². The van der Waals surface area contributed by atoms with Gasteiger partial charge in [0.05, 0.1) is 17.0 Å². The summed E-state index contributed by atoms with van der Waals surface area (Å²) in [4.78, 5) is 39.6. The molecule has 32 heavy (non-hydrogen) atoms. The molecule has 1 aliphatic carbocycles. The number of halogens is 1. The minimum atomic E-state index is -0.516. The zero-order valence-electron chi connectivity index (χ0n) is 17.5. The van der Waals surface area contributed by atoms with Crippen LogP contribution in [0.3, 0.4) is 0 Å². The van der Waals surface area contributed by atoms with E-state index in [1.54, 1.807) is 24.3 Å². The monoisotopic (exact) mass is 444 g/mol. The molecule has 2 unspecified atom stereocenters. The van der Waals surface area contributed by atoms with Gasteiger partial charge in [-0.05, 0) is 60.9 Å². The molecule has 0 fully saturated rings. The maximum absolute atomic E-state index is 13.4. The average molecular weight is 445 g/mol. The maximum atomic E-state index is 13.4. The number of rotatable bonds is 3. The van der Waals surface area contributed by atoms with E-state index in [-0.39, 0.29) is 11.8 Å². The molecule has 3 aromatic carbocycles. The molecule has 1 N–H and O–H groups in total. The summed E-state index contributed by atoms with van der Waals surface area (Å²) in [5, 5.41) is 2.95. The van der Waals surface area contributed by atoms with Crippen LogP contribution in [0.2, 0.25) is 5.02 Å². The van der Waals surface area contributed by atoms with Gasteiger partial charge in [-0.3, -0.25) is 19.8 Å². The van der Waals surface area contributed by atoms with Gasteiger partial charge in [0.2, 0.25) is 5.91 Å². The van der Waals surface area contributed by atoms with Gasteiger partial charge in [0.1, 0.15) is 0 Å². The molecule has 3 amide bonds. The van der Waals surface area contributed by atoms with E-state index in [1.165, 1.54) is 5.57 Å². The van der Waals surface area contributed by atoms with Crippen LogP contribution in [-0.2, 0) is 4.79 Å². The molecular formula is C26H21ClN2O3. The summed E-state index contributed by atoms with van der Waals surface area (Å²) in [6.07, 6.45) is 3.31. The highest BCUT2D eigenvalue weighted by molar-refractivity contribution is 6.30. The summed E-state index contributed by atoms with van der Waals surface area (Å²) >= 11 is 6.04. The van der Waals surface area contributed by atoms with Gasteiger partial charge in [-0.1, -0.05) is 59.6 Å². The summed E-state index contributed by atoms with van der Waals surface area (Å²) in [7, 11) is 0. The van der Waals surface area contributed by atoms with Gasteiger partial charge in [-0.2, -0.15) is 5.01 Å². The number of nitrogens with zero attached hydrogens (tertiary/aromatic N) is 1. The molecular weight excluding hydrogens is 424 g/mol. The van der Waals surface area contributed by atoms with Crippen LogP contribution in [0, 0.1) is 5.92 Å². The highest BCUT2D eigenvalue weighted by atomic mass is 35.5. The summed E-state index contributed by atoms with van der Waals surface area (Å²) in [6, 6.07) is 18.1. The molecule has 160 valence electrons. The Labute approximate surface area is 190 Å². The lowest BCUT2D eigenvalue weighted by atomic mass is 9.75. The number of hydrazine groups is 1. The number of carbonyl (C=O) groups is 3. The number of hydrogen-bond donors (Lipinski definition) is 1. The van der Waals surface area contributed by atoms with Crippen LogP contribution in [0.5, 0.6) is 0 Å². The van der Waals surface area contributed by atoms with Gasteiger partial charge in [-0.25, -0.2) is 0 Å². The summed E-state index contributed by atoms with van der Waals surface area (Å²) in [5.74, 6) is -1.85. The fourth-order valence-electron chi connectivity index (χ4n) is 4.74. The smallest absolute Gasteiger partial charge is 0.273 e. The minimum Gasteiger partial charge on any atom is -0.273 e. The van der Waals surface area contributed by atoms with Crippen LogP contribution < -0.4 is 5.43 Å². The Morgan fingerprint density at radius 3 is 2.22 bits per heavy atom. The Morgan fingerprint density at radius 2 is 1.59 bits per heavy atom. The highest BCUT2D eigenvalue weighted by Gasteiger charge is 2.38. The molecule has 0 saturated heterocycles. The van der Waals surface area contributed by atoms with Crippen molar-refractivity contribution in [3.8, 4) is 0 Å². The first-order chi connectivity index (χ1) is 15.4. The van der Waals surface area contributed by atoms with E-state index >= 15 is 0 Å². The van der Waals surface area contributed by atoms with E-state index in [0.29, 0.717) is 28.0 Å². The van der Waals surface area contributed by atoms with Crippen molar-refractivity contribution in [3.63, 3.8) is 0 Å². The van der Waals surface area contributed by atoms with Crippen LogP contribution in [-0.4, -0.2) is 22.7 Å². The van der Waals surface area contributed by atoms with E-state index in [2.05, 4.69) is 5.43 Å². The van der Waals surface area contributed by atoms with Crippen molar-refractivity contribution in [2.24, 2.45) is 5.92 Å². The van der Waals surface area contributed by atoms with Crippen molar-refractivity contribution >= 4 is 40.1 Å². The van der Waals surface area contributed by atoms with Crippen molar-refractivity contribution in [3.05, 3.63) is 94.0 Å². The minimum absolute atomic E-state index is 0.0667. The number of carbonyl (C=O) groups excluding carboxylic acids is 3. The van der Waals surface area contributed by atoms with Crippen molar-refractivity contribution in [1.29, 1.82) is 0 Å². The lowest BCUT2D eigenvalue weighted by molar-refractivity contribution is -0.129. The Balaban J connectivity index is 1.45. The molecule has 2 aliphatic rings. The van der Waals surface area contributed by atoms with Crippen LogP contribution in [0.1, 0.15) is 52.0 Å². The molecule has 5 rings (SSSR count). The van der Waals surface area contributed by atoms with E-state index in [1.807, 2.05) is 49.4 Å². The number of benzene rings is 3. The predicted octanol–water partition coefficient (Wildman–Crippen LogP) is 5.26. The summed E-state index contributed by atoms with van der Waals surface area (Å²) < 4.78 is 0. The van der Waals surface area contributed by atoms with Crippen molar-refractivity contribution in [1.82, 2.24) is 10.4 Å². The normalized spacial score (nSPS) is 20.3. The maximum Gasteiger partial charge on any atom is 0.280 e. The van der Waals surface area contributed by atoms with Crippen molar-refractivity contribution in [2.75, 3.05) is 0 Å². The second-order valence-corrected chi connectivity index (χ2v) is 8.82. The molecule has 6 heteroatoms. The second-order valence-electron chi connectivity index (χ2n) is 8.39. The largest absolute Gasteiger partial charge is 0.280 e. The third-order valence-electron chi connectivity index (χ3n) is 6.38. The quantitative estimate of drug-likeness (QED) is 0.442. The van der Waals surface area contributed by atoms with Crippen LogP contribution in [0.4, 0.5) is 0 Å².